The molecule has 0 aliphatic carbocycles. The van der Waals surface area contributed by atoms with Crippen LogP contribution < -0.4 is 10.1 Å². The summed E-state index contributed by atoms with van der Waals surface area (Å²) in [7, 11) is 3.60. The van der Waals surface area contributed by atoms with Gasteiger partial charge in [-0.3, -0.25) is 0 Å². The standard InChI is InChI=1S/C13H20N2O/c1-10(2)7-8-12(14-3)11-6-5-9-15-13(11)16-4/h5-6,9,12,14H,1,7-8H2,2-4H3. The van der Waals surface area contributed by atoms with Crippen LogP contribution in [0.2, 0.25) is 0 Å². The van der Waals surface area contributed by atoms with Crippen molar-refractivity contribution in [1.82, 2.24) is 10.3 Å². The molecule has 0 saturated carbocycles. The second-order valence-electron chi connectivity index (χ2n) is 3.94. The molecule has 3 heteroatoms. The van der Waals surface area contributed by atoms with E-state index in [1.54, 1.807) is 13.3 Å². The van der Waals surface area contributed by atoms with Gasteiger partial charge in [0.25, 0.3) is 0 Å². The molecule has 0 aliphatic heterocycles. The molecule has 0 saturated heterocycles. The van der Waals surface area contributed by atoms with Crippen LogP contribution in [0.3, 0.4) is 0 Å². The van der Waals surface area contributed by atoms with Crippen LogP contribution in [0.15, 0.2) is 30.5 Å². The van der Waals surface area contributed by atoms with Crippen LogP contribution in [0.25, 0.3) is 0 Å². The molecule has 0 fully saturated rings. The van der Waals surface area contributed by atoms with E-state index in [0.29, 0.717) is 5.88 Å². The molecular weight excluding hydrogens is 200 g/mol. The minimum atomic E-state index is 0.264. The highest BCUT2D eigenvalue weighted by molar-refractivity contribution is 5.28. The van der Waals surface area contributed by atoms with Crippen LogP contribution in [0.4, 0.5) is 0 Å². The van der Waals surface area contributed by atoms with Crippen molar-refractivity contribution in [3.8, 4) is 5.88 Å². The summed E-state index contributed by atoms with van der Waals surface area (Å²) in [6.45, 7) is 5.97. The molecule has 3 nitrogen and oxygen atoms in total. The lowest BCUT2D eigenvalue weighted by atomic mass is 10.0. The number of nitrogens with one attached hydrogen (secondary N) is 1. The zero-order chi connectivity index (χ0) is 12.0. The third-order valence-corrected chi connectivity index (χ3v) is 2.58. The summed E-state index contributed by atoms with van der Waals surface area (Å²) in [5, 5.41) is 3.29. The maximum Gasteiger partial charge on any atom is 0.217 e. The summed E-state index contributed by atoms with van der Waals surface area (Å²) >= 11 is 0. The molecule has 16 heavy (non-hydrogen) atoms. The van der Waals surface area contributed by atoms with Gasteiger partial charge in [0, 0.05) is 17.8 Å². The third-order valence-electron chi connectivity index (χ3n) is 2.58. The Hall–Kier alpha value is -1.35. The molecule has 0 aliphatic rings. The van der Waals surface area contributed by atoms with E-state index in [9.17, 15) is 0 Å². The van der Waals surface area contributed by atoms with E-state index >= 15 is 0 Å². The second-order valence-corrected chi connectivity index (χ2v) is 3.94. The molecule has 1 aromatic rings. The Labute approximate surface area is 97.5 Å². The molecule has 0 bridgehead atoms. The molecule has 1 aromatic heterocycles. The van der Waals surface area contributed by atoms with Crippen LogP contribution in [0.5, 0.6) is 5.88 Å². The van der Waals surface area contributed by atoms with Crippen LogP contribution in [0, 0.1) is 0 Å². The van der Waals surface area contributed by atoms with Gasteiger partial charge in [0.15, 0.2) is 0 Å². The Kier molecular flexibility index (Phi) is 4.99. The van der Waals surface area contributed by atoms with Gasteiger partial charge in [0.1, 0.15) is 0 Å². The van der Waals surface area contributed by atoms with Crippen LogP contribution in [-0.2, 0) is 0 Å². The molecule has 1 unspecified atom stereocenters. The molecule has 1 atom stereocenters. The largest absolute Gasteiger partial charge is 0.481 e. The molecule has 1 heterocycles. The van der Waals surface area contributed by atoms with Gasteiger partial charge in [0.05, 0.1) is 7.11 Å². The fourth-order valence-electron chi connectivity index (χ4n) is 1.69. The first-order chi connectivity index (χ1) is 7.69. The Morgan fingerprint density at radius 1 is 1.62 bits per heavy atom. The van der Waals surface area contributed by atoms with Gasteiger partial charge in [-0.1, -0.05) is 11.6 Å². The monoisotopic (exact) mass is 220 g/mol. The predicted octanol–water partition coefficient (Wildman–Crippen LogP) is 2.71. The van der Waals surface area contributed by atoms with Crippen molar-refractivity contribution in [3.63, 3.8) is 0 Å². The first kappa shape index (κ1) is 12.7. The van der Waals surface area contributed by atoms with E-state index in [1.807, 2.05) is 26.1 Å². The first-order valence-corrected chi connectivity index (χ1v) is 5.49. The summed E-state index contributed by atoms with van der Waals surface area (Å²) in [6.07, 6.45) is 3.76. The van der Waals surface area contributed by atoms with Crippen molar-refractivity contribution in [2.75, 3.05) is 14.2 Å². The van der Waals surface area contributed by atoms with Crippen molar-refractivity contribution in [3.05, 3.63) is 36.0 Å². The quantitative estimate of drug-likeness (QED) is 0.748. The lowest BCUT2D eigenvalue weighted by Crippen LogP contribution is -2.17. The molecule has 0 radical (unpaired) electrons. The summed E-state index contributed by atoms with van der Waals surface area (Å²) in [4.78, 5) is 4.21. The number of rotatable bonds is 6. The van der Waals surface area contributed by atoms with E-state index in [4.69, 9.17) is 4.74 Å². The van der Waals surface area contributed by atoms with Gasteiger partial charge >= 0.3 is 0 Å². The molecule has 0 aromatic carbocycles. The van der Waals surface area contributed by atoms with Crippen molar-refractivity contribution in [1.29, 1.82) is 0 Å². The average molecular weight is 220 g/mol. The van der Waals surface area contributed by atoms with E-state index in [2.05, 4.69) is 16.9 Å². The smallest absolute Gasteiger partial charge is 0.217 e. The van der Waals surface area contributed by atoms with Crippen molar-refractivity contribution >= 4 is 0 Å². The summed E-state index contributed by atoms with van der Waals surface area (Å²) < 4.78 is 5.26. The highest BCUT2D eigenvalue weighted by Gasteiger charge is 2.14. The van der Waals surface area contributed by atoms with E-state index in [1.165, 1.54) is 5.57 Å². The molecule has 88 valence electrons. The lowest BCUT2D eigenvalue weighted by molar-refractivity contribution is 0.382. The highest BCUT2D eigenvalue weighted by Crippen LogP contribution is 2.26. The van der Waals surface area contributed by atoms with Crippen molar-refractivity contribution in [2.24, 2.45) is 0 Å². The topological polar surface area (TPSA) is 34.2 Å². The van der Waals surface area contributed by atoms with Gasteiger partial charge in [-0.05, 0) is 32.9 Å². The van der Waals surface area contributed by atoms with Crippen LogP contribution in [0.1, 0.15) is 31.4 Å². The van der Waals surface area contributed by atoms with Gasteiger partial charge in [-0.2, -0.15) is 0 Å². The number of aromatic nitrogens is 1. The zero-order valence-electron chi connectivity index (χ0n) is 10.3. The van der Waals surface area contributed by atoms with Gasteiger partial charge < -0.3 is 10.1 Å². The maximum absolute atomic E-state index is 5.26. The van der Waals surface area contributed by atoms with Gasteiger partial charge in [-0.15, -0.1) is 6.58 Å². The van der Waals surface area contributed by atoms with Gasteiger partial charge in [0.2, 0.25) is 5.88 Å². The number of nitrogens with zero attached hydrogens (tertiary/aromatic N) is 1. The number of pyridine rings is 1. The molecule has 0 amide bonds. The molecule has 1 N–H and O–H groups in total. The first-order valence-electron chi connectivity index (χ1n) is 5.49. The van der Waals surface area contributed by atoms with Crippen molar-refractivity contribution in [2.45, 2.75) is 25.8 Å². The number of allylic oxidation sites excluding steroid dienone is 1. The number of hydrogen-bond acceptors (Lipinski definition) is 3. The average Bonchev–Trinajstić information content (AvgIpc) is 2.30. The second kappa shape index (κ2) is 6.28. The fraction of sp³-hybridized carbons (Fsp3) is 0.462. The Bertz CT molecular complexity index is 350. The summed E-state index contributed by atoms with van der Waals surface area (Å²) in [5.74, 6) is 0.698. The maximum atomic E-state index is 5.26. The number of ether oxygens (including phenoxy) is 1. The van der Waals surface area contributed by atoms with Crippen LogP contribution >= 0.6 is 0 Å². The van der Waals surface area contributed by atoms with Crippen molar-refractivity contribution < 1.29 is 4.74 Å². The normalized spacial score (nSPS) is 12.2. The minimum absolute atomic E-state index is 0.264. The molecule has 1 rings (SSSR count). The summed E-state index contributed by atoms with van der Waals surface area (Å²) in [5.41, 5.74) is 2.30. The fourth-order valence-corrected chi connectivity index (χ4v) is 1.69. The van der Waals surface area contributed by atoms with E-state index in [-0.39, 0.29) is 6.04 Å². The Morgan fingerprint density at radius 2 is 2.38 bits per heavy atom. The molecular formula is C13H20N2O. The number of methoxy groups -OCH3 is 1. The van der Waals surface area contributed by atoms with Gasteiger partial charge in [-0.25, -0.2) is 4.98 Å². The zero-order valence-corrected chi connectivity index (χ0v) is 10.3. The summed E-state index contributed by atoms with van der Waals surface area (Å²) in [6, 6.07) is 4.24. The Balaban J connectivity index is 2.81. The van der Waals surface area contributed by atoms with Crippen LogP contribution in [-0.4, -0.2) is 19.1 Å². The molecule has 0 spiro atoms. The minimum Gasteiger partial charge on any atom is -0.481 e. The lowest BCUT2D eigenvalue weighted by Gasteiger charge is -2.18. The van der Waals surface area contributed by atoms with E-state index in [0.717, 1.165) is 18.4 Å². The third kappa shape index (κ3) is 3.35. The Morgan fingerprint density at radius 3 is 2.94 bits per heavy atom. The van der Waals surface area contributed by atoms with E-state index < -0.39 is 0 Å². The number of hydrogen-bond donors (Lipinski definition) is 1. The highest BCUT2D eigenvalue weighted by atomic mass is 16.5. The predicted molar refractivity (Wildman–Crippen MR) is 66.6 cm³/mol. The SMILES string of the molecule is C=C(C)CCC(NC)c1cccnc1OC.